The van der Waals surface area contributed by atoms with E-state index in [1.807, 2.05) is 27.7 Å². The number of nitriles is 1. The number of likely N-dealkylation sites (N-methyl/N-ethyl adjacent to an activating group) is 2. The molecule has 0 saturated carbocycles. The van der Waals surface area contributed by atoms with Crippen molar-refractivity contribution in [2.45, 2.75) is 33.2 Å². The van der Waals surface area contributed by atoms with E-state index in [2.05, 4.69) is 11.4 Å². The normalized spacial score (nSPS) is 13.1. The van der Waals surface area contributed by atoms with Crippen molar-refractivity contribution in [2.75, 3.05) is 20.1 Å². The summed E-state index contributed by atoms with van der Waals surface area (Å²) in [6.07, 6.45) is 0. The van der Waals surface area contributed by atoms with Gasteiger partial charge in [0.25, 0.3) is 0 Å². The predicted molar refractivity (Wildman–Crippen MR) is 60.2 cm³/mol. The van der Waals surface area contributed by atoms with E-state index in [1.54, 1.807) is 11.9 Å². The molecule has 0 spiro atoms. The predicted octanol–water partition coefficient (Wildman–Crippen LogP) is 0.993. The van der Waals surface area contributed by atoms with E-state index in [9.17, 15) is 4.79 Å². The highest BCUT2D eigenvalue weighted by molar-refractivity contribution is 5.85. The summed E-state index contributed by atoms with van der Waals surface area (Å²) in [7, 11) is 1.73. The molecule has 15 heavy (non-hydrogen) atoms. The Morgan fingerprint density at radius 3 is 2.53 bits per heavy atom. The van der Waals surface area contributed by atoms with Crippen molar-refractivity contribution >= 4 is 5.91 Å². The Balaban J connectivity index is 4.38. The van der Waals surface area contributed by atoms with E-state index in [0.717, 1.165) is 6.54 Å². The maximum Gasteiger partial charge on any atom is 0.242 e. The van der Waals surface area contributed by atoms with Crippen LogP contribution in [0, 0.1) is 17.2 Å². The van der Waals surface area contributed by atoms with Gasteiger partial charge in [-0.25, -0.2) is 0 Å². The molecule has 1 N–H and O–H groups in total. The van der Waals surface area contributed by atoms with Crippen LogP contribution in [-0.4, -0.2) is 36.5 Å². The quantitative estimate of drug-likeness (QED) is 0.738. The topological polar surface area (TPSA) is 56.1 Å². The molecule has 0 fully saturated rings. The van der Waals surface area contributed by atoms with Crippen molar-refractivity contribution in [3.63, 3.8) is 0 Å². The van der Waals surface area contributed by atoms with Gasteiger partial charge in [0.15, 0.2) is 0 Å². The summed E-state index contributed by atoms with van der Waals surface area (Å²) < 4.78 is 0. The van der Waals surface area contributed by atoms with E-state index >= 15 is 0 Å². The van der Waals surface area contributed by atoms with E-state index in [-0.39, 0.29) is 11.8 Å². The summed E-state index contributed by atoms with van der Waals surface area (Å²) >= 11 is 0. The molecule has 0 saturated heterocycles. The van der Waals surface area contributed by atoms with Crippen molar-refractivity contribution < 1.29 is 4.79 Å². The molecule has 0 bridgehead atoms. The molecule has 0 rings (SSSR count). The molecule has 1 atom stereocenters. The third-order valence-electron chi connectivity index (χ3n) is 2.27. The van der Waals surface area contributed by atoms with Crippen molar-refractivity contribution in [2.24, 2.45) is 5.92 Å². The van der Waals surface area contributed by atoms with Crippen molar-refractivity contribution in [1.29, 1.82) is 5.26 Å². The third-order valence-corrected chi connectivity index (χ3v) is 2.27. The van der Waals surface area contributed by atoms with Crippen LogP contribution >= 0.6 is 0 Å². The van der Waals surface area contributed by atoms with Gasteiger partial charge in [0.1, 0.15) is 0 Å². The van der Waals surface area contributed by atoms with Crippen LogP contribution in [0.1, 0.15) is 27.7 Å². The fourth-order valence-corrected chi connectivity index (χ4v) is 1.53. The number of carbonyl (C=O) groups excluding carboxylic acids is 1. The summed E-state index contributed by atoms with van der Waals surface area (Å²) in [5.74, 6) is -0.108. The smallest absolute Gasteiger partial charge is 0.242 e. The molecule has 0 aliphatic rings. The maximum atomic E-state index is 12.0. The lowest BCUT2D eigenvalue weighted by atomic mass is 10.0. The van der Waals surface area contributed by atoms with Crippen LogP contribution in [0.25, 0.3) is 0 Å². The van der Waals surface area contributed by atoms with Crippen LogP contribution < -0.4 is 5.32 Å². The van der Waals surface area contributed by atoms with Gasteiger partial charge >= 0.3 is 0 Å². The second kappa shape index (κ2) is 5.72. The fraction of sp³-hybridized carbons (Fsp3) is 0.818. The van der Waals surface area contributed by atoms with Crippen LogP contribution in [0.15, 0.2) is 0 Å². The van der Waals surface area contributed by atoms with Crippen LogP contribution in [-0.2, 0) is 4.79 Å². The number of hydrogen-bond acceptors (Lipinski definition) is 3. The molecule has 1 amide bonds. The number of hydrogen-bond donors (Lipinski definition) is 1. The Labute approximate surface area is 92.3 Å². The number of rotatable bonds is 5. The molecule has 0 heterocycles. The maximum absolute atomic E-state index is 12.0. The summed E-state index contributed by atoms with van der Waals surface area (Å²) in [4.78, 5) is 13.6. The van der Waals surface area contributed by atoms with Gasteiger partial charge < -0.3 is 10.2 Å². The SMILES string of the molecule is CCNC(C)(C)C(=O)N(C)CC(C)C#N. The lowest BCUT2D eigenvalue weighted by Crippen LogP contribution is -2.53. The van der Waals surface area contributed by atoms with E-state index in [4.69, 9.17) is 5.26 Å². The lowest BCUT2D eigenvalue weighted by molar-refractivity contribution is -0.136. The zero-order valence-electron chi connectivity index (χ0n) is 10.3. The van der Waals surface area contributed by atoms with Crippen LogP contribution in [0.5, 0.6) is 0 Å². The van der Waals surface area contributed by atoms with Gasteiger partial charge in [-0.1, -0.05) is 6.92 Å². The third kappa shape index (κ3) is 4.30. The van der Waals surface area contributed by atoms with Crippen molar-refractivity contribution in [1.82, 2.24) is 10.2 Å². The number of carbonyl (C=O) groups is 1. The number of nitrogens with zero attached hydrogens (tertiary/aromatic N) is 2. The second-order valence-corrected chi connectivity index (χ2v) is 4.37. The van der Waals surface area contributed by atoms with Crippen LogP contribution in [0.4, 0.5) is 0 Å². The molecule has 86 valence electrons. The first kappa shape index (κ1) is 13.9. The molecule has 4 heteroatoms. The summed E-state index contributed by atoms with van der Waals surface area (Å²) in [6.45, 7) is 8.71. The molecule has 4 nitrogen and oxygen atoms in total. The molecule has 0 aliphatic carbocycles. The van der Waals surface area contributed by atoms with Gasteiger partial charge in [-0.05, 0) is 27.3 Å². The van der Waals surface area contributed by atoms with Crippen molar-refractivity contribution in [3.05, 3.63) is 0 Å². The highest BCUT2D eigenvalue weighted by Crippen LogP contribution is 2.08. The first-order chi connectivity index (χ1) is 6.85. The Kier molecular flexibility index (Phi) is 5.31. The van der Waals surface area contributed by atoms with E-state index in [0.29, 0.717) is 6.54 Å². The van der Waals surface area contributed by atoms with E-state index in [1.165, 1.54) is 0 Å². The number of nitrogens with one attached hydrogen (secondary N) is 1. The zero-order chi connectivity index (χ0) is 12.1. The van der Waals surface area contributed by atoms with Gasteiger partial charge in [-0.2, -0.15) is 5.26 Å². The number of amides is 1. The van der Waals surface area contributed by atoms with E-state index < -0.39 is 5.54 Å². The molecule has 0 aromatic heterocycles. The summed E-state index contributed by atoms with van der Waals surface area (Å²) in [6, 6.07) is 2.12. The molecule has 0 aliphatic heterocycles. The van der Waals surface area contributed by atoms with Gasteiger partial charge in [0.05, 0.1) is 17.5 Å². The summed E-state index contributed by atoms with van der Waals surface area (Å²) in [5, 5.41) is 11.8. The molecule has 1 unspecified atom stereocenters. The van der Waals surface area contributed by atoms with Gasteiger partial charge in [0, 0.05) is 13.6 Å². The highest BCUT2D eigenvalue weighted by atomic mass is 16.2. The minimum Gasteiger partial charge on any atom is -0.343 e. The molecule has 0 aromatic rings. The average Bonchev–Trinajstić information content (AvgIpc) is 2.16. The first-order valence-electron chi connectivity index (χ1n) is 5.25. The minimum atomic E-state index is -0.557. The minimum absolute atomic E-state index is 0.0199. The summed E-state index contributed by atoms with van der Waals surface area (Å²) in [5.41, 5.74) is -0.557. The average molecular weight is 211 g/mol. The van der Waals surface area contributed by atoms with Gasteiger partial charge in [0.2, 0.25) is 5.91 Å². The largest absolute Gasteiger partial charge is 0.343 e. The van der Waals surface area contributed by atoms with Gasteiger partial charge in [-0.15, -0.1) is 0 Å². The molecular formula is C11H21N3O. The zero-order valence-corrected chi connectivity index (χ0v) is 10.3. The highest BCUT2D eigenvalue weighted by Gasteiger charge is 2.29. The van der Waals surface area contributed by atoms with Crippen LogP contribution in [0.3, 0.4) is 0 Å². The first-order valence-corrected chi connectivity index (χ1v) is 5.25. The Bertz CT molecular complexity index is 255. The molecule has 0 radical (unpaired) electrons. The van der Waals surface area contributed by atoms with Crippen molar-refractivity contribution in [3.8, 4) is 6.07 Å². The Morgan fingerprint density at radius 2 is 2.13 bits per heavy atom. The lowest BCUT2D eigenvalue weighted by Gasteiger charge is -2.30. The fourth-order valence-electron chi connectivity index (χ4n) is 1.53. The monoisotopic (exact) mass is 211 g/mol. The Hall–Kier alpha value is -1.08. The van der Waals surface area contributed by atoms with Gasteiger partial charge in [-0.3, -0.25) is 4.79 Å². The Morgan fingerprint density at radius 1 is 1.60 bits per heavy atom. The second-order valence-electron chi connectivity index (χ2n) is 4.37. The van der Waals surface area contributed by atoms with Crippen LogP contribution in [0.2, 0.25) is 0 Å². The molecular weight excluding hydrogens is 190 g/mol. The standard InChI is InChI=1S/C11H21N3O/c1-6-13-11(3,4)10(15)14(5)8-9(2)7-12/h9,13H,6,8H2,1-5H3. The molecule has 0 aromatic carbocycles.